The molecule has 27 heavy (non-hydrogen) atoms. The number of carbonyl (C=O) groups is 2. The van der Waals surface area contributed by atoms with Crippen molar-refractivity contribution < 1.29 is 14.7 Å². The highest BCUT2D eigenvalue weighted by Gasteiger charge is 2.30. The van der Waals surface area contributed by atoms with Crippen LogP contribution in [-0.4, -0.2) is 17.0 Å². The van der Waals surface area contributed by atoms with E-state index in [1.807, 2.05) is 6.92 Å². The smallest absolute Gasteiger partial charge is 0.307 e. The number of carbonyl (C=O) groups excluding carboxylic acids is 1. The van der Waals surface area contributed by atoms with Crippen LogP contribution in [0.25, 0.3) is 0 Å². The Morgan fingerprint density at radius 3 is 2.67 bits per heavy atom. The van der Waals surface area contributed by atoms with Crippen molar-refractivity contribution in [2.24, 2.45) is 11.8 Å². The summed E-state index contributed by atoms with van der Waals surface area (Å²) >= 11 is 0. The molecular formula is C22H32N2O3. The van der Waals surface area contributed by atoms with E-state index in [2.05, 4.69) is 37.1 Å². The summed E-state index contributed by atoms with van der Waals surface area (Å²) in [5.74, 6) is -2.25. The molecule has 2 unspecified atom stereocenters. The van der Waals surface area contributed by atoms with Crippen LogP contribution in [-0.2, 0) is 9.59 Å². The quantitative estimate of drug-likeness (QED) is 0.469. The molecule has 0 aromatic carbocycles. The van der Waals surface area contributed by atoms with Gasteiger partial charge in [0.05, 0.1) is 5.92 Å². The fraction of sp³-hybridized carbons (Fsp3) is 0.455. The zero-order valence-electron chi connectivity index (χ0n) is 16.6. The molecule has 0 fully saturated rings. The summed E-state index contributed by atoms with van der Waals surface area (Å²) in [4.78, 5) is 24.2. The predicted octanol–water partition coefficient (Wildman–Crippen LogP) is 4.43. The number of hydrogen-bond acceptors (Lipinski definition) is 3. The van der Waals surface area contributed by atoms with Gasteiger partial charge in [-0.1, -0.05) is 37.6 Å². The Bertz CT molecular complexity index is 656. The molecule has 1 rings (SSSR count). The van der Waals surface area contributed by atoms with Gasteiger partial charge in [0.2, 0.25) is 5.91 Å². The molecule has 148 valence electrons. The first-order valence-electron chi connectivity index (χ1n) is 9.54. The summed E-state index contributed by atoms with van der Waals surface area (Å²) in [6, 6.07) is 0. The molecule has 0 aromatic heterocycles. The van der Waals surface area contributed by atoms with E-state index in [1.54, 1.807) is 30.6 Å². The van der Waals surface area contributed by atoms with E-state index < -0.39 is 11.9 Å². The number of aliphatic carboxylic acids is 1. The van der Waals surface area contributed by atoms with E-state index >= 15 is 0 Å². The summed E-state index contributed by atoms with van der Waals surface area (Å²) < 4.78 is 0. The maximum Gasteiger partial charge on any atom is 0.307 e. The Morgan fingerprint density at radius 2 is 2.04 bits per heavy atom. The van der Waals surface area contributed by atoms with E-state index in [0.717, 1.165) is 24.8 Å². The van der Waals surface area contributed by atoms with E-state index in [0.29, 0.717) is 12.1 Å². The van der Waals surface area contributed by atoms with Gasteiger partial charge in [-0.2, -0.15) is 0 Å². The molecule has 0 saturated carbocycles. The first-order chi connectivity index (χ1) is 12.9. The molecule has 0 saturated heterocycles. The topological polar surface area (TPSA) is 78.4 Å². The molecule has 0 aromatic rings. The van der Waals surface area contributed by atoms with Crippen molar-refractivity contribution >= 4 is 11.9 Å². The Morgan fingerprint density at radius 1 is 1.30 bits per heavy atom. The Kier molecular flexibility index (Phi) is 9.94. The molecule has 1 aliphatic rings. The number of carboxylic acid groups (broad SMARTS) is 1. The van der Waals surface area contributed by atoms with Crippen LogP contribution in [0.5, 0.6) is 0 Å². The average molecular weight is 373 g/mol. The van der Waals surface area contributed by atoms with Gasteiger partial charge in [-0.15, -0.1) is 0 Å². The third-order valence-corrected chi connectivity index (χ3v) is 4.80. The number of allylic oxidation sites excluding steroid dienone is 6. The van der Waals surface area contributed by atoms with Gasteiger partial charge in [-0.3, -0.25) is 9.59 Å². The molecular weight excluding hydrogens is 340 g/mol. The van der Waals surface area contributed by atoms with Gasteiger partial charge < -0.3 is 15.7 Å². The molecule has 0 spiro atoms. The third-order valence-electron chi connectivity index (χ3n) is 4.80. The number of rotatable bonds is 11. The highest BCUT2D eigenvalue weighted by Crippen LogP contribution is 2.29. The molecule has 3 N–H and O–H groups in total. The van der Waals surface area contributed by atoms with Gasteiger partial charge in [0.25, 0.3) is 0 Å². The van der Waals surface area contributed by atoms with Gasteiger partial charge in [0.1, 0.15) is 0 Å². The van der Waals surface area contributed by atoms with Crippen molar-refractivity contribution in [3.05, 3.63) is 60.1 Å². The van der Waals surface area contributed by atoms with Crippen molar-refractivity contribution in [3.8, 4) is 0 Å². The lowest BCUT2D eigenvalue weighted by molar-refractivity contribution is -0.145. The molecule has 0 radical (unpaired) electrons. The van der Waals surface area contributed by atoms with Gasteiger partial charge >= 0.3 is 5.97 Å². The zero-order chi connectivity index (χ0) is 20.2. The summed E-state index contributed by atoms with van der Waals surface area (Å²) in [6.45, 7) is 10.3. The fourth-order valence-electron chi connectivity index (χ4n) is 3.04. The van der Waals surface area contributed by atoms with E-state index in [4.69, 9.17) is 0 Å². The maximum absolute atomic E-state index is 12.4. The van der Waals surface area contributed by atoms with Crippen molar-refractivity contribution in [1.82, 2.24) is 10.6 Å². The minimum atomic E-state index is -0.953. The highest BCUT2D eigenvalue weighted by molar-refractivity contribution is 5.84. The Labute approximate surface area is 162 Å². The first kappa shape index (κ1) is 22.5. The van der Waals surface area contributed by atoms with Crippen LogP contribution < -0.4 is 10.6 Å². The molecule has 0 bridgehead atoms. The number of carboxylic acids is 1. The monoisotopic (exact) mass is 372 g/mol. The minimum absolute atomic E-state index is 0.0704. The Balaban J connectivity index is 2.74. The predicted molar refractivity (Wildman–Crippen MR) is 110 cm³/mol. The van der Waals surface area contributed by atoms with Crippen LogP contribution in [0.2, 0.25) is 0 Å². The van der Waals surface area contributed by atoms with Crippen LogP contribution >= 0.6 is 0 Å². The van der Waals surface area contributed by atoms with E-state index in [9.17, 15) is 14.7 Å². The molecule has 5 heteroatoms. The van der Waals surface area contributed by atoms with E-state index in [-0.39, 0.29) is 18.2 Å². The number of hydrogen-bond donors (Lipinski definition) is 3. The van der Waals surface area contributed by atoms with Gasteiger partial charge in [-0.05, 0) is 56.8 Å². The third kappa shape index (κ3) is 8.11. The van der Waals surface area contributed by atoms with Gasteiger partial charge in [0.15, 0.2) is 0 Å². The molecule has 1 heterocycles. The first-order valence-corrected chi connectivity index (χ1v) is 9.54. The molecule has 1 aliphatic heterocycles. The van der Waals surface area contributed by atoms with Crippen LogP contribution in [0, 0.1) is 11.8 Å². The lowest BCUT2D eigenvalue weighted by Crippen LogP contribution is -2.32. The van der Waals surface area contributed by atoms with Crippen LogP contribution in [0.1, 0.15) is 52.9 Å². The maximum atomic E-state index is 12.4. The largest absolute Gasteiger partial charge is 0.481 e. The number of amides is 1. The lowest BCUT2D eigenvalue weighted by Gasteiger charge is -2.24. The zero-order valence-corrected chi connectivity index (χ0v) is 16.6. The Hall–Kier alpha value is -2.56. The van der Waals surface area contributed by atoms with Crippen molar-refractivity contribution in [3.63, 3.8) is 0 Å². The molecule has 5 nitrogen and oxygen atoms in total. The van der Waals surface area contributed by atoms with Gasteiger partial charge in [0, 0.05) is 24.5 Å². The van der Waals surface area contributed by atoms with Crippen molar-refractivity contribution in [2.45, 2.75) is 52.9 Å². The number of nitrogens with one attached hydrogen (secondary N) is 2. The second-order valence-corrected chi connectivity index (χ2v) is 6.79. The van der Waals surface area contributed by atoms with Crippen molar-refractivity contribution in [2.75, 3.05) is 0 Å². The normalized spacial score (nSPS) is 16.0. The second kappa shape index (κ2) is 11.9. The minimum Gasteiger partial charge on any atom is -0.481 e. The molecule has 1 amide bonds. The highest BCUT2D eigenvalue weighted by atomic mass is 16.4. The van der Waals surface area contributed by atoms with Crippen LogP contribution in [0.3, 0.4) is 0 Å². The molecule has 2 atom stereocenters. The fourth-order valence-corrected chi connectivity index (χ4v) is 3.04. The summed E-state index contributed by atoms with van der Waals surface area (Å²) in [7, 11) is 0. The summed E-state index contributed by atoms with van der Waals surface area (Å²) in [6.07, 6.45) is 14.0. The lowest BCUT2D eigenvalue weighted by atomic mass is 9.80. The van der Waals surface area contributed by atoms with Crippen LogP contribution in [0.4, 0.5) is 0 Å². The summed E-state index contributed by atoms with van der Waals surface area (Å²) in [5.41, 5.74) is 2.84. The second-order valence-electron chi connectivity index (χ2n) is 6.79. The van der Waals surface area contributed by atoms with E-state index in [1.165, 1.54) is 5.57 Å². The standard InChI is InChI=1S/C22H32N2O3/c1-5-16(3)9-7-10-17(4)19(6-2)20(22(26)27)15-21(25)24-18-11-8-13-23-14-12-18/h8-9,11-14,19-20,23H,4-7,10,15H2,1-3H3,(H,24,25)(H,26,27)/b16-9-. The summed E-state index contributed by atoms with van der Waals surface area (Å²) in [5, 5.41) is 15.4. The van der Waals surface area contributed by atoms with Crippen LogP contribution in [0.15, 0.2) is 60.1 Å². The van der Waals surface area contributed by atoms with Gasteiger partial charge in [-0.25, -0.2) is 0 Å². The SMILES string of the molecule is C=C(CC/C=C(/C)CC)C(CC)C(CC(=O)NC1=CC=CNC=C1)C(=O)O. The molecule has 0 aliphatic carbocycles. The average Bonchev–Trinajstić information content (AvgIpc) is 2.89. The van der Waals surface area contributed by atoms with Crippen molar-refractivity contribution in [1.29, 1.82) is 0 Å².